The second-order valence-corrected chi connectivity index (χ2v) is 4.08. The highest BCUT2D eigenvalue weighted by Gasteiger charge is 2.13. The maximum atomic E-state index is 12.7. The van der Waals surface area contributed by atoms with E-state index in [1.807, 2.05) is 0 Å². The lowest BCUT2D eigenvalue weighted by Crippen LogP contribution is -1.97. The highest BCUT2D eigenvalue weighted by atomic mass is 19.1. The van der Waals surface area contributed by atoms with Crippen LogP contribution in [0.1, 0.15) is 5.56 Å². The van der Waals surface area contributed by atoms with Gasteiger partial charge in [-0.25, -0.2) is 8.78 Å². The van der Waals surface area contributed by atoms with E-state index in [1.165, 1.54) is 18.2 Å². The van der Waals surface area contributed by atoms with E-state index in [1.54, 1.807) is 6.92 Å². The molecule has 2 aromatic rings. The Kier molecular flexibility index (Phi) is 6.06. The van der Waals surface area contributed by atoms with Crippen LogP contribution in [-0.4, -0.2) is 11.3 Å². The van der Waals surface area contributed by atoms with Gasteiger partial charge in [0.05, 0.1) is 4.92 Å². The number of nitro groups is 1. The first-order valence-corrected chi connectivity index (χ1v) is 5.91. The molecule has 5 nitrogen and oxygen atoms in total. The zero-order chi connectivity index (χ0) is 16.7. The molecule has 0 aromatic heterocycles. The molecule has 2 aromatic carbocycles. The molecular formula is C14H11F3N2O3. The third-order valence-corrected chi connectivity index (χ3v) is 2.50. The van der Waals surface area contributed by atoms with Gasteiger partial charge in [-0.15, -0.1) is 0 Å². The zero-order valence-electron chi connectivity index (χ0n) is 11.3. The fourth-order valence-corrected chi connectivity index (χ4v) is 1.38. The molecule has 0 aliphatic carbocycles. The van der Waals surface area contributed by atoms with E-state index in [9.17, 15) is 28.1 Å². The lowest BCUT2D eigenvalue weighted by Gasteiger charge is -1.98. The number of anilines is 1. The summed E-state index contributed by atoms with van der Waals surface area (Å²) in [7, 11) is 0. The quantitative estimate of drug-likeness (QED) is 0.535. The number of hydrogen-bond donors (Lipinski definition) is 1. The Labute approximate surface area is 123 Å². The standard InChI is InChI=1S/C7H6F2.C7H5FN2O3/c1-5-2-3-6(8)4-7(5)9;8-6-2-1-5(9-4-11)3-7(6)10(12)13/h2-4H,1H3;1-4H,(H,9,11). The largest absolute Gasteiger partial charge is 0.328 e. The molecule has 0 fully saturated rings. The normalized spacial score (nSPS) is 9.45. The number of halogens is 3. The summed E-state index contributed by atoms with van der Waals surface area (Å²) in [4.78, 5) is 19.3. The number of nitrogens with zero attached hydrogens (tertiary/aromatic N) is 1. The van der Waals surface area contributed by atoms with E-state index in [0.29, 0.717) is 12.0 Å². The Bertz CT molecular complexity index is 693. The van der Waals surface area contributed by atoms with Crippen LogP contribution in [0.3, 0.4) is 0 Å². The molecule has 1 N–H and O–H groups in total. The number of aryl methyl sites for hydroxylation is 1. The van der Waals surface area contributed by atoms with Crippen molar-refractivity contribution in [1.82, 2.24) is 0 Å². The van der Waals surface area contributed by atoms with Crippen molar-refractivity contribution >= 4 is 17.8 Å². The van der Waals surface area contributed by atoms with Gasteiger partial charge in [0.1, 0.15) is 11.6 Å². The first-order valence-electron chi connectivity index (χ1n) is 5.91. The van der Waals surface area contributed by atoms with Gasteiger partial charge in [0, 0.05) is 17.8 Å². The van der Waals surface area contributed by atoms with Crippen LogP contribution in [0.2, 0.25) is 0 Å². The van der Waals surface area contributed by atoms with Crippen LogP contribution in [-0.2, 0) is 4.79 Å². The van der Waals surface area contributed by atoms with Crippen molar-refractivity contribution in [3.05, 3.63) is 69.5 Å². The Morgan fingerprint density at radius 2 is 1.77 bits per heavy atom. The van der Waals surface area contributed by atoms with Crippen LogP contribution in [0, 0.1) is 34.5 Å². The van der Waals surface area contributed by atoms with Gasteiger partial charge in [-0.2, -0.15) is 4.39 Å². The molecule has 0 radical (unpaired) electrons. The number of amides is 1. The molecule has 0 atom stereocenters. The van der Waals surface area contributed by atoms with Crippen molar-refractivity contribution < 1.29 is 22.9 Å². The molecule has 22 heavy (non-hydrogen) atoms. The van der Waals surface area contributed by atoms with Crippen LogP contribution >= 0.6 is 0 Å². The average Bonchev–Trinajstić information content (AvgIpc) is 2.46. The van der Waals surface area contributed by atoms with Gasteiger partial charge in [0.25, 0.3) is 0 Å². The van der Waals surface area contributed by atoms with Gasteiger partial charge in [-0.1, -0.05) is 6.07 Å². The van der Waals surface area contributed by atoms with Gasteiger partial charge < -0.3 is 5.32 Å². The number of rotatable bonds is 3. The smallest absolute Gasteiger partial charge is 0.306 e. The zero-order valence-corrected chi connectivity index (χ0v) is 11.3. The Balaban J connectivity index is 0.000000235. The Morgan fingerprint density at radius 3 is 2.27 bits per heavy atom. The van der Waals surface area contributed by atoms with Gasteiger partial charge >= 0.3 is 5.69 Å². The average molecular weight is 312 g/mol. The molecule has 0 saturated heterocycles. The van der Waals surface area contributed by atoms with Crippen LogP contribution < -0.4 is 5.32 Å². The molecule has 1 amide bonds. The maximum Gasteiger partial charge on any atom is 0.306 e. The van der Waals surface area contributed by atoms with Gasteiger partial charge in [0.2, 0.25) is 12.2 Å². The number of nitrogens with one attached hydrogen (secondary N) is 1. The Hall–Kier alpha value is -2.90. The number of carbonyl (C=O) groups excluding carboxylic acids is 1. The summed E-state index contributed by atoms with van der Waals surface area (Å²) in [6.45, 7) is 1.59. The van der Waals surface area contributed by atoms with Gasteiger partial charge in [-0.05, 0) is 30.7 Å². The van der Waals surface area contributed by atoms with E-state index in [0.717, 1.165) is 18.2 Å². The van der Waals surface area contributed by atoms with Crippen molar-refractivity contribution in [3.8, 4) is 0 Å². The summed E-state index contributed by atoms with van der Waals surface area (Å²) < 4.78 is 37.1. The highest BCUT2D eigenvalue weighted by molar-refractivity contribution is 5.72. The van der Waals surface area contributed by atoms with Crippen molar-refractivity contribution in [2.75, 3.05) is 5.32 Å². The van der Waals surface area contributed by atoms with Crippen LogP contribution in [0.4, 0.5) is 24.5 Å². The molecule has 8 heteroatoms. The van der Waals surface area contributed by atoms with Gasteiger partial charge in [0.15, 0.2) is 0 Å². The summed E-state index contributed by atoms with van der Waals surface area (Å²) >= 11 is 0. The molecule has 0 unspecified atom stereocenters. The molecule has 0 heterocycles. The number of benzene rings is 2. The van der Waals surface area contributed by atoms with Crippen molar-refractivity contribution in [3.63, 3.8) is 0 Å². The van der Waals surface area contributed by atoms with E-state index < -0.39 is 28.1 Å². The third-order valence-electron chi connectivity index (χ3n) is 2.50. The first kappa shape index (κ1) is 17.2. The maximum absolute atomic E-state index is 12.7. The SMILES string of the molecule is Cc1ccc(F)cc1F.O=CNc1ccc(F)c([N+](=O)[O-])c1. The lowest BCUT2D eigenvalue weighted by molar-refractivity contribution is -0.387. The molecule has 0 spiro atoms. The predicted molar refractivity (Wildman–Crippen MR) is 73.8 cm³/mol. The van der Waals surface area contributed by atoms with Gasteiger partial charge in [-0.3, -0.25) is 14.9 Å². The van der Waals surface area contributed by atoms with Crippen LogP contribution in [0.25, 0.3) is 0 Å². The Morgan fingerprint density at radius 1 is 1.09 bits per heavy atom. The minimum atomic E-state index is -0.929. The second kappa shape index (κ2) is 7.77. The fourth-order valence-electron chi connectivity index (χ4n) is 1.38. The predicted octanol–water partition coefficient (Wildman–Crippen LogP) is 3.58. The summed E-state index contributed by atoms with van der Waals surface area (Å²) in [5.74, 6) is -1.95. The number of carbonyl (C=O) groups is 1. The van der Waals surface area contributed by atoms with Crippen molar-refractivity contribution in [2.24, 2.45) is 0 Å². The lowest BCUT2D eigenvalue weighted by atomic mass is 10.2. The van der Waals surface area contributed by atoms with E-state index in [-0.39, 0.29) is 5.69 Å². The second-order valence-electron chi connectivity index (χ2n) is 4.08. The van der Waals surface area contributed by atoms with E-state index >= 15 is 0 Å². The topological polar surface area (TPSA) is 72.2 Å². The minimum absolute atomic E-state index is 0.183. The monoisotopic (exact) mass is 312 g/mol. The molecule has 2 rings (SSSR count). The number of hydrogen-bond acceptors (Lipinski definition) is 3. The summed E-state index contributed by atoms with van der Waals surface area (Å²) in [5, 5.41) is 12.4. The van der Waals surface area contributed by atoms with Crippen LogP contribution in [0.15, 0.2) is 36.4 Å². The highest BCUT2D eigenvalue weighted by Crippen LogP contribution is 2.20. The fraction of sp³-hybridized carbons (Fsp3) is 0.0714. The minimum Gasteiger partial charge on any atom is -0.328 e. The van der Waals surface area contributed by atoms with Crippen molar-refractivity contribution in [2.45, 2.75) is 6.92 Å². The molecule has 0 aliphatic rings. The number of nitro benzene ring substituents is 1. The molecule has 0 aliphatic heterocycles. The summed E-state index contributed by atoms with van der Waals surface area (Å²) in [6.07, 6.45) is 0.358. The molecule has 0 saturated carbocycles. The molecule has 116 valence electrons. The molecular weight excluding hydrogens is 301 g/mol. The van der Waals surface area contributed by atoms with Crippen molar-refractivity contribution in [1.29, 1.82) is 0 Å². The van der Waals surface area contributed by atoms with Crippen LogP contribution in [0.5, 0.6) is 0 Å². The first-order chi connectivity index (χ1) is 10.3. The summed E-state index contributed by atoms with van der Waals surface area (Å²) in [6, 6.07) is 6.61. The van der Waals surface area contributed by atoms with E-state index in [4.69, 9.17) is 0 Å². The van der Waals surface area contributed by atoms with E-state index in [2.05, 4.69) is 5.32 Å². The molecule has 0 bridgehead atoms. The summed E-state index contributed by atoms with van der Waals surface area (Å²) in [5.41, 5.74) is -0.00801. The third kappa shape index (κ3) is 4.89.